The monoisotopic (exact) mass is 448 g/mol. The van der Waals surface area contributed by atoms with Crippen molar-refractivity contribution < 1.29 is 30.0 Å². The topological polar surface area (TPSA) is 130 Å². The van der Waals surface area contributed by atoms with Gasteiger partial charge in [0.05, 0.1) is 0 Å². The number of benzene rings is 1. The van der Waals surface area contributed by atoms with Gasteiger partial charge in [-0.05, 0) is 55.5 Å². The van der Waals surface area contributed by atoms with Crippen LogP contribution in [0.1, 0.15) is 24.8 Å². The first-order chi connectivity index (χ1) is 13.7. The third-order valence-electron chi connectivity index (χ3n) is 4.85. The molecule has 1 saturated carbocycles. The van der Waals surface area contributed by atoms with Crippen LogP contribution >= 0.6 is 23.2 Å². The zero-order valence-corrected chi connectivity index (χ0v) is 17.3. The summed E-state index contributed by atoms with van der Waals surface area (Å²) in [5, 5.41) is 37.5. The largest absolute Gasteiger partial charge is 0.479 e. The van der Waals surface area contributed by atoms with Crippen molar-refractivity contribution >= 4 is 35.1 Å². The van der Waals surface area contributed by atoms with Crippen molar-refractivity contribution in [1.82, 2.24) is 10.2 Å². The molecule has 1 aromatic rings. The highest BCUT2D eigenvalue weighted by Crippen LogP contribution is 2.32. The second-order valence-electron chi connectivity index (χ2n) is 7.36. The maximum atomic E-state index is 9.77. The van der Waals surface area contributed by atoms with Crippen LogP contribution < -0.4 is 5.32 Å². The Hall–Kier alpha value is -1.42. The van der Waals surface area contributed by atoms with Crippen LogP contribution in [-0.2, 0) is 16.1 Å². The van der Waals surface area contributed by atoms with Crippen LogP contribution in [0.4, 0.5) is 0 Å². The lowest BCUT2D eigenvalue weighted by Crippen LogP contribution is -2.39. The van der Waals surface area contributed by atoms with Crippen molar-refractivity contribution in [3.05, 3.63) is 33.8 Å². The minimum Gasteiger partial charge on any atom is -0.479 e. The second-order valence-corrected chi connectivity index (χ2v) is 8.24. The number of carboxylic acids is 2. The molecule has 1 aliphatic heterocycles. The average Bonchev–Trinajstić information content (AvgIpc) is 3.28. The molecule has 8 nitrogen and oxygen atoms in total. The van der Waals surface area contributed by atoms with Gasteiger partial charge in [0.2, 0.25) is 0 Å². The first-order valence-electron chi connectivity index (χ1n) is 9.39. The van der Waals surface area contributed by atoms with Gasteiger partial charge in [-0.15, -0.1) is 0 Å². The van der Waals surface area contributed by atoms with Gasteiger partial charge in [0, 0.05) is 35.7 Å². The van der Waals surface area contributed by atoms with E-state index in [1.165, 1.54) is 31.4 Å². The molecule has 2 fully saturated rings. The normalized spacial score (nSPS) is 20.7. The quantitative estimate of drug-likeness (QED) is 0.403. The number of rotatable bonds is 8. The number of carbonyl (C=O) groups is 2. The molecule has 3 rings (SSSR count). The lowest BCUT2D eigenvalue weighted by Gasteiger charge is -2.28. The third kappa shape index (κ3) is 8.08. The van der Waals surface area contributed by atoms with Gasteiger partial charge >= 0.3 is 11.9 Å². The van der Waals surface area contributed by atoms with Gasteiger partial charge in [0.25, 0.3) is 0 Å². The van der Waals surface area contributed by atoms with E-state index >= 15 is 0 Å². The molecule has 1 aromatic carbocycles. The molecule has 1 aliphatic carbocycles. The van der Waals surface area contributed by atoms with E-state index < -0.39 is 24.1 Å². The van der Waals surface area contributed by atoms with Gasteiger partial charge in [-0.2, -0.15) is 0 Å². The molecular weight excluding hydrogens is 423 g/mol. The van der Waals surface area contributed by atoms with E-state index in [1.807, 2.05) is 12.1 Å². The fourth-order valence-electron chi connectivity index (χ4n) is 3.13. The summed E-state index contributed by atoms with van der Waals surface area (Å²) in [6.45, 7) is 4.43. The average molecular weight is 449 g/mol. The first kappa shape index (κ1) is 23.9. The summed E-state index contributed by atoms with van der Waals surface area (Å²) >= 11 is 12.2. The lowest BCUT2D eigenvalue weighted by atomic mass is 10.1. The van der Waals surface area contributed by atoms with Gasteiger partial charge in [0.1, 0.15) is 0 Å². The fourth-order valence-corrected chi connectivity index (χ4v) is 3.70. The number of aliphatic hydroxyl groups is 2. The molecule has 162 valence electrons. The summed E-state index contributed by atoms with van der Waals surface area (Å²) in [5.74, 6) is -2.62. The smallest absolute Gasteiger partial charge is 0.335 e. The summed E-state index contributed by atoms with van der Waals surface area (Å²) in [4.78, 5) is 22.2. The Balaban J connectivity index is 0.000000257. The molecule has 0 bridgehead atoms. The molecule has 2 aliphatic rings. The van der Waals surface area contributed by atoms with Gasteiger partial charge in [-0.3, -0.25) is 4.90 Å². The predicted octanol–water partition coefficient (Wildman–Crippen LogP) is 1.44. The van der Waals surface area contributed by atoms with E-state index in [9.17, 15) is 9.59 Å². The molecule has 0 radical (unpaired) electrons. The predicted molar refractivity (Wildman–Crippen MR) is 108 cm³/mol. The van der Waals surface area contributed by atoms with Crippen molar-refractivity contribution in [2.24, 2.45) is 5.92 Å². The number of nitrogens with zero attached hydrogens (tertiary/aromatic N) is 1. The number of aliphatic hydroxyl groups excluding tert-OH is 2. The summed E-state index contributed by atoms with van der Waals surface area (Å²) in [5.41, 5.74) is 1.23. The van der Waals surface area contributed by atoms with Crippen molar-refractivity contribution in [3.63, 3.8) is 0 Å². The highest BCUT2D eigenvalue weighted by Gasteiger charge is 2.30. The molecule has 5 N–H and O–H groups in total. The summed E-state index contributed by atoms with van der Waals surface area (Å²) < 4.78 is 0. The van der Waals surface area contributed by atoms with Crippen molar-refractivity contribution in [1.29, 1.82) is 0 Å². The molecule has 1 saturated heterocycles. The molecule has 0 aromatic heterocycles. The Kier molecular flexibility index (Phi) is 9.13. The molecule has 10 heteroatoms. The number of nitrogens with one attached hydrogen (secondary N) is 1. The molecule has 29 heavy (non-hydrogen) atoms. The molecule has 2 unspecified atom stereocenters. The molecular formula is C19H26Cl2N2O6. The standard InChI is InChI=1S/C15H20Cl2N2.C4H6O6/c16-13-5-12(6-14(17)7-13)10-19(9-11-1-2-11)15-3-4-18-8-15;5-1(3(7)8)2(6)4(9)10/h5-7,11,15,18H,1-4,8-10H2;1-2,5-6H,(H,7,8)(H,9,10)/t15-;/m0./s1. The van der Waals surface area contributed by atoms with Crippen LogP contribution in [-0.4, -0.2) is 75.1 Å². The fraction of sp³-hybridized carbons (Fsp3) is 0.579. The molecule has 3 atom stereocenters. The van der Waals surface area contributed by atoms with Gasteiger partial charge in [0.15, 0.2) is 12.2 Å². The van der Waals surface area contributed by atoms with E-state index in [2.05, 4.69) is 10.2 Å². The lowest BCUT2D eigenvalue weighted by molar-refractivity contribution is -0.165. The van der Waals surface area contributed by atoms with Crippen LogP contribution in [0.5, 0.6) is 0 Å². The SMILES string of the molecule is Clc1cc(Cl)cc(CN(CC2CC2)[C@H]2CCNC2)c1.O=C(O)C(O)C(O)C(=O)O. The van der Waals surface area contributed by atoms with E-state index in [0.717, 1.165) is 35.6 Å². The first-order valence-corrected chi connectivity index (χ1v) is 10.1. The number of aliphatic carboxylic acids is 2. The zero-order valence-electron chi connectivity index (χ0n) is 15.8. The maximum absolute atomic E-state index is 9.77. The summed E-state index contributed by atoms with van der Waals surface area (Å²) in [7, 11) is 0. The highest BCUT2D eigenvalue weighted by atomic mass is 35.5. The van der Waals surface area contributed by atoms with E-state index in [4.69, 9.17) is 43.6 Å². The van der Waals surface area contributed by atoms with E-state index in [0.29, 0.717) is 6.04 Å². The zero-order chi connectivity index (χ0) is 21.6. The van der Waals surface area contributed by atoms with E-state index in [1.54, 1.807) is 6.07 Å². The Bertz CT molecular complexity index is 672. The van der Waals surface area contributed by atoms with Crippen LogP contribution in [0.2, 0.25) is 10.0 Å². The molecule has 0 amide bonds. The number of carboxylic acid groups (broad SMARTS) is 2. The molecule has 0 spiro atoms. The minimum atomic E-state index is -2.27. The third-order valence-corrected chi connectivity index (χ3v) is 5.29. The summed E-state index contributed by atoms with van der Waals surface area (Å²) in [6.07, 6.45) is -0.490. The van der Waals surface area contributed by atoms with Gasteiger partial charge in [-0.1, -0.05) is 23.2 Å². The Morgan fingerprint density at radius 3 is 2.00 bits per heavy atom. The van der Waals surface area contributed by atoms with Crippen molar-refractivity contribution in [2.75, 3.05) is 19.6 Å². The number of hydrogen-bond acceptors (Lipinski definition) is 6. The number of halogens is 2. The highest BCUT2D eigenvalue weighted by molar-refractivity contribution is 6.34. The van der Waals surface area contributed by atoms with Crippen molar-refractivity contribution in [3.8, 4) is 0 Å². The van der Waals surface area contributed by atoms with Crippen molar-refractivity contribution in [2.45, 2.75) is 44.1 Å². The Morgan fingerprint density at radius 1 is 1.03 bits per heavy atom. The maximum Gasteiger partial charge on any atom is 0.335 e. The molecule has 1 heterocycles. The summed E-state index contributed by atoms with van der Waals surface area (Å²) in [6, 6.07) is 6.54. The van der Waals surface area contributed by atoms with E-state index in [-0.39, 0.29) is 0 Å². The Morgan fingerprint density at radius 2 is 1.59 bits per heavy atom. The van der Waals surface area contributed by atoms with Crippen LogP contribution in [0, 0.1) is 5.92 Å². The Labute approximate surface area is 179 Å². The van der Waals surface area contributed by atoms with Crippen LogP contribution in [0.15, 0.2) is 18.2 Å². The second kappa shape index (κ2) is 11.1. The minimum absolute atomic E-state index is 0.665. The number of hydrogen-bond donors (Lipinski definition) is 5. The van der Waals surface area contributed by atoms with Crippen LogP contribution in [0.25, 0.3) is 0 Å². The van der Waals surface area contributed by atoms with Crippen LogP contribution in [0.3, 0.4) is 0 Å². The van der Waals surface area contributed by atoms with Gasteiger partial charge in [-0.25, -0.2) is 9.59 Å². The van der Waals surface area contributed by atoms with Gasteiger partial charge < -0.3 is 25.7 Å².